The van der Waals surface area contributed by atoms with Crippen LogP contribution in [0.3, 0.4) is 0 Å². The molecule has 1 atom stereocenters. The summed E-state index contributed by atoms with van der Waals surface area (Å²) >= 11 is 0. The van der Waals surface area contributed by atoms with Gasteiger partial charge < -0.3 is 12.3 Å². The topological polar surface area (TPSA) is 27.7 Å². The van der Waals surface area contributed by atoms with E-state index in [1.807, 2.05) is 0 Å². The van der Waals surface area contributed by atoms with Crippen molar-refractivity contribution in [2.45, 2.75) is 26.2 Å². The highest BCUT2D eigenvalue weighted by Crippen LogP contribution is 2.04. The van der Waals surface area contributed by atoms with E-state index in [0.717, 1.165) is 10.5 Å². The Labute approximate surface area is 77.0 Å². The van der Waals surface area contributed by atoms with Crippen molar-refractivity contribution in [1.82, 2.24) is 0 Å². The first-order chi connectivity index (χ1) is 4.95. The molecule has 0 aliphatic carbocycles. The normalized spacial score (nSPS) is 16.4. The average Bonchev–Trinajstić information content (AvgIpc) is 1.79. The summed E-state index contributed by atoms with van der Waals surface area (Å²) in [6.45, 7) is 8.63. The molecule has 0 aliphatic rings. The van der Waals surface area contributed by atoms with Crippen molar-refractivity contribution in [3.63, 3.8) is 0 Å². The third kappa shape index (κ3) is 8.66. The van der Waals surface area contributed by atoms with Crippen LogP contribution < -0.4 is 0 Å². The second-order valence-electron chi connectivity index (χ2n) is 3.37. The van der Waals surface area contributed by atoms with Crippen molar-refractivity contribution in [1.29, 1.82) is 0 Å². The van der Waals surface area contributed by atoms with Crippen molar-refractivity contribution in [2.24, 2.45) is 0 Å². The van der Waals surface area contributed by atoms with E-state index in [1.54, 1.807) is 0 Å². The Hall–Kier alpha value is 0.748. The molecule has 1 unspecified atom stereocenters. The maximum atomic E-state index is 5.77. The van der Waals surface area contributed by atoms with Gasteiger partial charge in [-0.1, -0.05) is 0 Å². The van der Waals surface area contributed by atoms with Gasteiger partial charge in [-0.15, -0.1) is 0 Å². The van der Waals surface area contributed by atoms with Crippen molar-refractivity contribution < 1.29 is 12.3 Å². The van der Waals surface area contributed by atoms with Gasteiger partial charge >= 0.3 is 0 Å². The fourth-order valence-electron chi connectivity index (χ4n) is 0.696. The van der Waals surface area contributed by atoms with E-state index in [0.29, 0.717) is 0 Å². The minimum Gasteiger partial charge on any atom is -0.449 e. The van der Waals surface area contributed by atoms with Gasteiger partial charge in [-0.25, -0.2) is 0 Å². The first-order valence-electron chi connectivity index (χ1n) is 3.74. The maximum absolute atomic E-state index is 5.77. The highest BCUT2D eigenvalue weighted by Gasteiger charge is 2.19. The molecule has 0 saturated carbocycles. The zero-order chi connectivity index (χ0) is 8.91. The van der Waals surface area contributed by atoms with Crippen LogP contribution in [-0.2, 0) is 12.3 Å². The highest BCUT2D eigenvalue weighted by molar-refractivity contribution is 6.76. The molecule has 0 bridgehead atoms. The van der Waals surface area contributed by atoms with E-state index < -0.39 is 27.6 Å². The van der Waals surface area contributed by atoms with Crippen molar-refractivity contribution in [3.05, 3.63) is 0 Å². The Bertz CT molecular complexity index is 104. The minimum absolute atomic E-state index is 0.674. The van der Waals surface area contributed by atoms with E-state index in [2.05, 4.69) is 26.2 Å². The zero-order valence-corrected chi connectivity index (χ0v) is 13.6. The van der Waals surface area contributed by atoms with E-state index in [4.69, 9.17) is 12.3 Å². The quantitative estimate of drug-likeness (QED) is 0.563. The zero-order valence-electron chi connectivity index (χ0n) is 8.01. The van der Waals surface area contributed by atoms with Crippen LogP contribution in [-0.4, -0.2) is 38.1 Å². The van der Waals surface area contributed by atoms with Crippen LogP contribution in [0.4, 0.5) is 0 Å². The second kappa shape index (κ2) is 5.40. The van der Waals surface area contributed by atoms with Gasteiger partial charge in [-0.05, 0) is 26.2 Å². The molecule has 0 fully saturated rings. The number of hydrogen-bond donors (Lipinski definition) is 0. The summed E-state index contributed by atoms with van der Waals surface area (Å²) in [7, 11) is -2.55. The summed E-state index contributed by atoms with van der Waals surface area (Å²) in [5.41, 5.74) is 0. The monoisotopic (exact) mass is 226 g/mol. The smallest absolute Gasteiger partial charge is 0.298 e. The van der Waals surface area contributed by atoms with Crippen LogP contribution in [0.15, 0.2) is 0 Å². The lowest BCUT2D eigenvalue weighted by Gasteiger charge is -2.22. The molecule has 0 spiro atoms. The van der Waals surface area contributed by atoms with Crippen LogP contribution >= 0.6 is 0 Å². The Morgan fingerprint density at radius 3 is 2.27 bits per heavy atom. The molecule has 0 aromatic carbocycles. The third-order valence-electron chi connectivity index (χ3n) is 0.940. The highest BCUT2D eigenvalue weighted by atomic mass is 28.4. The molecule has 0 N–H and O–H groups in total. The largest absolute Gasteiger partial charge is 0.449 e. The van der Waals surface area contributed by atoms with Crippen LogP contribution in [0.5, 0.6) is 0 Å². The van der Waals surface area contributed by atoms with Gasteiger partial charge in [-0.3, -0.25) is 0 Å². The lowest BCUT2D eigenvalue weighted by Crippen LogP contribution is -2.35. The van der Waals surface area contributed by atoms with Crippen LogP contribution in [0.1, 0.15) is 0 Å². The van der Waals surface area contributed by atoms with Gasteiger partial charge in [0.2, 0.25) is 0 Å². The molecule has 7 heteroatoms. The number of hydrogen-bond acceptors (Lipinski definition) is 3. The predicted octanol–water partition coefficient (Wildman–Crippen LogP) is -0.999. The molecule has 3 nitrogen and oxygen atoms in total. The standard InChI is InChI=1S/C4H18O3Si4/c1-10(6-9-5-8)7-11(2,3)4/h10H,9H2,1-4,8H3. The summed E-state index contributed by atoms with van der Waals surface area (Å²) in [5, 5.41) is 0. The van der Waals surface area contributed by atoms with E-state index in [1.165, 1.54) is 0 Å². The fourth-order valence-corrected chi connectivity index (χ4v) is 8.10. The molecule has 68 valence electrons. The van der Waals surface area contributed by atoms with Crippen LogP contribution in [0.25, 0.3) is 0 Å². The Balaban J connectivity index is 3.44. The predicted molar refractivity (Wildman–Crippen MR) is 58.1 cm³/mol. The molecule has 0 aromatic heterocycles. The van der Waals surface area contributed by atoms with E-state index >= 15 is 0 Å². The van der Waals surface area contributed by atoms with Gasteiger partial charge in [0.05, 0.1) is 0 Å². The first kappa shape index (κ1) is 11.7. The number of rotatable bonds is 5. The average molecular weight is 227 g/mol. The Morgan fingerprint density at radius 1 is 1.36 bits per heavy atom. The summed E-state index contributed by atoms with van der Waals surface area (Å²) in [5.74, 6) is 0. The third-order valence-corrected chi connectivity index (χ3v) is 8.46. The summed E-state index contributed by atoms with van der Waals surface area (Å²) in [4.78, 5) is 0. The molecule has 0 radical (unpaired) electrons. The summed E-state index contributed by atoms with van der Waals surface area (Å²) in [6.07, 6.45) is 0. The van der Waals surface area contributed by atoms with Crippen molar-refractivity contribution in [3.8, 4) is 0 Å². The van der Waals surface area contributed by atoms with Gasteiger partial charge in [0.1, 0.15) is 10.5 Å². The van der Waals surface area contributed by atoms with E-state index in [-0.39, 0.29) is 0 Å². The summed E-state index contributed by atoms with van der Waals surface area (Å²) in [6, 6.07) is 0. The lowest BCUT2D eigenvalue weighted by atomic mass is 11.8. The fraction of sp³-hybridized carbons (Fsp3) is 1.00. The first-order valence-corrected chi connectivity index (χ1v) is 11.2. The summed E-state index contributed by atoms with van der Waals surface area (Å²) < 4.78 is 16.3. The van der Waals surface area contributed by atoms with Gasteiger partial charge in [-0.2, -0.15) is 0 Å². The van der Waals surface area contributed by atoms with Gasteiger partial charge in [0.15, 0.2) is 8.32 Å². The molecule has 11 heavy (non-hydrogen) atoms. The molecule has 0 heterocycles. The molecule has 0 saturated heterocycles. The molecule has 0 aromatic rings. The van der Waals surface area contributed by atoms with Gasteiger partial charge in [0.25, 0.3) is 19.3 Å². The van der Waals surface area contributed by atoms with E-state index in [9.17, 15) is 0 Å². The Morgan fingerprint density at radius 2 is 1.91 bits per heavy atom. The maximum Gasteiger partial charge on any atom is 0.298 e. The van der Waals surface area contributed by atoms with Crippen LogP contribution in [0, 0.1) is 0 Å². The molecule has 0 rings (SSSR count). The molecule has 0 aliphatic heterocycles. The van der Waals surface area contributed by atoms with Crippen LogP contribution in [0.2, 0.25) is 26.2 Å². The van der Waals surface area contributed by atoms with Crippen molar-refractivity contribution >= 4 is 38.1 Å². The van der Waals surface area contributed by atoms with Crippen molar-refractivity contribution in [2.75, 3.05) is 0 Å². The SMILES string of the molecule is C[SiH](O[SiH2]O[SiH3])O[Si](C)(C)C. The minimum atomic E-state index is -1.36. The van der Waals surface area contributed by atoms with Gasteiger partial charge in [0, 0.05) is 0 Å². The Kier molecular flexibility index (Phi) is 5.77. The lowest BCUT2D eigenvalue weighted by molar-refractivity contribution is 0.404. The molecular weight excluding hydrogens is 208 g/mol. The molecular formula is C4H18O3Si4. The second-order valence-corrected chi connectivity index (χ2v) is 13.6. The molecule has 0 amide bonds.